The fourth-order valence-corrected chi connectivity index (χ4v) is 2.66. The zero-order chi connectivity index (χ0) is 11.2. The Balaban J connectivity index is 3.97. The number of unbranched alkanes of at least 4 members (excludes halogenated alkanes) is 2. The molecular formula is C12H24OS. The molecule has 0 N–H and O–H groups in total. The van der Waals surface area contributed by atoms with Gasteiger partial charge in [0.15, 0.2) is 0 Å². The second-order valence-corrected chi connectivity index (χ2v) is 6.85. The summed E-state index contributed by atoms with van der Waals surface area (Å²) >= 11 is 1.81. The van der Waals surface area contributed by atoms with Crippen molar-refractivity contribution >= 4 is 17.5 Å². The van der Waals surface area contributed by atoms with Gasteiger partial charge in [0, 0.05) is 4.75 Å². The highest BCUT2D eigenvalue weighted by molar-refractivity contribution is 8.01. The standard InChI is InChI=1S/C12H24OS/c1-6-7-8-9-11(10(2)13)14-12(3,4)5/h11H,6-9H2,1-5H3. The van der Waals surface area contributed by atoms with Gasteiger partial charge >= 0.3 is 0 Å². The van der Waals surface area contributed by atoms with Crippen molar-refractivity contribution in [3.8, 4) is 0 Å². The fourth-order valence-electron chi connectivity index (χ4n) is 1.35. The van der Waals surface area contributed by atoms with E-state index in [1.54, 1.807) is 6.92 Å². The Hall–Kier alpha value is 0.0200. The maximum absolute atomic E-state index is 11.4. The van der Waals surface area contributed by atoms with Crippen molar-refractivity contribution in [2.24, 2.45) is 0 Å². The van der Waals surface area contributed by atoms with Crippen LogP contribution in [0.5, 0.6) is 0 Å². The van der Waals surface area contributed by atoms with Gasteiger partial charge in [-0.05, 0) is 13.3 Å². The van der Waals surface area contributed by atoms with Crippen LogP contribution in [0.3, 0.4) is 0 Å². The highest BCUT2D eigenvalue weighted by Crippen LogP contribution is 2.31. The topological polar surface area (TPSA) is 17.1 Å². The van der Waals surface area contributed by atoms with Gasteiger partial charge in [-0.3, -0.25) is 4.79 Å². The van der Waals surface area contributed by atoms with Crippen LogP contribution in [0.15, 0.2) is 0 Å². The Morgan fingerprint density at radius 3 is 2.21 bits per heavy atom. The first-order valence-corrected chi connectivity index (χ1v) is 6.43. The summed E-state index contributed by atoms with van der Waals surface area (Å²) in [6.07, 6.45) is 4.70. The van der Waals surface area contributed by atoms with Crippen LogP contribution in [-0.2, 0) is 4.79 Å². The normalized spacial score (nSPS) is 14.1. The predicted molar refractivity (Wildman–Crippen MR) is 66.0 cm³/mol. The minimum absolute atomic E-state index is 0.197. The molecule has 0 aromatic heterocycles. The molecule has 1 unspecified atom stereocenters. The first-order valence-electron chi connectivity index (χ1n) is 5.55. The molecule has 0 aromatic rings. The number of rotatable bonds is 6. The lowest BCUT2D eigenvalue weighted by molar-refractivity contribution is -0.116. The van der Waals surface area contributed by atoms with Gasteiger partial charge in [-0.1, -0.05) is 47.0 Å². The SMILES string of the molecule is CCCCCC(SC(C)(C)C)C(C)=O. The summed E-state index contributed by atoms with van der Waals surface area (Å²) in [4.78, 5) is 11.4. The third-order valence-corrected chi connectivity index (χ3v) is 3.58. The van der Waals surface area contributed by atoms with Crippen molar-refractivity contribution in [3.63, 3.8) is 0 Å². The summed E-state index contributed by atoms with van der Waals surface area (Å²) in [6, 6.07) is 0. The molecule has 1 atom stereocenters. The van der Waals surface area contributed by atoms with Crippen LogP contribution in [0.25, 0.3) is 0 Å². The Labute approximate surface area is 93.0 Å². The Morgan fingerprint density at radius 1 is 1.29 bits per heavy atom. The molecule has 0 heterocycles. The van der Waals surface area contributed by atoms with Gasteiger partial charge in [-0.15, -0.1) is 11.8 Å². The fraction of sp³-hybridized carbons (Fsp3) is 0.917. The maximum Gasteiger partial charge on any atom is 0.142 e. The third-order valence-electron chi connectivity index (χ3n) is 2.02. The zero-order valence-corrected chi connectivity index (χ0v) is 11.0. The number of thioether (sulfide) groups is 1. The summed E-state index contributed by atoms with van der Waals surface area (Å²) < 4.78 is 0.197. The van der Waals surface area contributed by atoms with Crippen LogP contribution in [0, 0.1) is 0 Å². The first kappa shape index (κ1) is 14.0. The Morgan fingerprint density at radius 2 is 1.86 bits per heavy atom. The minimum Gasteiger partial charge on any atom is -0.299 e. The highest BCUT2D eigenvalue weighted by atomic mass is 32.2. The summed E-state index contributed by atoms with van der Waals surface area (Å²) in [5.41, 5.74) is 0. The predicted octanol–water partition coefficient (Wildman–Crippen LogP) is 4.06. The van der Waals surface area contributed by atoms with Gasteiger partial charge in [0.25, 0.3) is 0 Å². The van der Waals surface area contributed by atoms with Gasteiger partial charge in [-0.25, -0.2) is 0 Å². The number of Topliss-reactive ketones (excluding diaryl/α,β-unsaturated/α-hetero) is 1. The van der Waals surface area contributed by atoms with E-state index in [0.717, 1.165) is 6.42 Å². The van der Waals surface area contributed by atoms with Crippen LogP contribution in [-0.4, -0.2) is 15.8 Å². The molecule has 0 bridgehead atoms. The van der Waals surface area contributed by atoms with E-state index in [1.165, 1.54) is 19.3 Å². The van der Waals surface area contributed by atoms with E-state index in [9.17, 15) is 4.79 Å². The van der Waals surface area contributed by atoms with Crippen LogP contribution < -0.4 is 0 Å². The van der Waals surface area contributed by atoms with Gasteiger partial charge in [0.2, 0.25) is 0 Å². The van der Waals surface area contributed by atoms with E-state index >= 15 is 0 Å². The van der Waals surface area contributed by atoms with Crippen LogP contribution in [0.1, 0.15) is 60.3 Å². The summed E-state index contributed by atoms with van der Waals surface area (Å²) in [5.74, 6) is 0.334. The molecule has 0 rings (SSSR count). The van der Waals surface area contributed by atoms with Crippen molar-refractivity contribution in [3.05, 3.63) is 0 Å². The van der Waals surface area contributed by atoms with Gasteiger partial charge in [-0.2, -0.15) is 0 Å². The summed E-state index contributed by atoms with van der Waals surface area (Å²) in [5, 5.41) is 0.210. The van der Waals surface area contributed by atoms with E-state index in [4.69, 9.17) is 0 Å². The van der Waals surface area contributed by atoms with E-state index in [1.807, 2.05) is 11.8 Å². The molecule has 2 heteroatoms. The lowest BCUT2D eigenvalue weighted by Gasteiger charge is -2.23. The molecule has 0 saturated heterocycles. The third kappa shape index (κ3) is 7.43. The van der Waals surface area contributed by atoms with E-state index in [0.29, 0.717) is 5.78 Å². The van der Waals surface area contributed by atoms with Crippen molar-refractivity contribution in [2.45, 2.75) is 70.3 Å². The van der Waals surface area contributed by atoms with Gasteiger partial charge in [0.05, 0.1) is 5.25 Å². The second-order valence-electron chi connectivity index (χ2n) is 4.83. The molecule has 0 amide bonds. The Kier molecular flexibility index (Phi) is 6.50. The molecule has 0 radical (unpaired) electrons. The molecular weight excluding hydrogens is 192 g/mol. The zero-order valence-electron chi connectivity index (χ0n) is 10.2. The van der Waals surface area contributed by atoms with Gasteiger partial charge in [0.1, 0.15) is 5.78 Å². The van der Waals surface area contributed by atoms with E-state index in [-0.39, 0.29) is 10.00 Å². The molecule has 84 valence electrons. The molecule has 14 heavy (non-hydrogen) atoms. The van der Waals surface area contributed by atoms with Crippen LogP contribution in [0.2, 0.25) is 0 Å². The van der Waals surface area contributed by atoms with Crippen molar-refractivity contribution in [1.82, 2.24) is 0 Å². The van der Waals surface area contributed by atoms with Crippen LogP contribution in [0.4, 0.5) is 0 Å². The molecule has 0 aromatic carbocycles. The van der Waals surface area contributed by atoms with Crippen molar-refractivity contribution in [2.75, 3.05) is 0 Å². The molecule has 1 nitrogen and oxygen atoms in total. The quantitative estimate of drug-likeness (QED) is 0.623. The molecule has 0 aliphatic heterocycles. The molecule has 0 saturated carbocycles. The van der Waals surface area contributed by atoms with Crippen LogP contribution >= 0.6 is 11.8 Å². The number of carbonyl (C=O) groups is 1. The molecule has 0 aliphatic rings. The van der Waals surface area contributed by atoms with E-state index in [2.05, 4.69) is 27.7 Å². The van der Waals surface area contributed by atoms with Gasteiger partial charge < -0.3 is 0 Å². The average Bonchev–Trinajstić information content (AvgIpc) is 2.00. The lowest BCUT2D eigenvalue weighted by Crippen LogP contribution is -2.21. The maximum atomic E-state index is 11.4. The number of ketones is 1. The monoisotopic (exact) mass is 216 g/mol. The number of hydrogen-bond donors (Lipinski definition) is 0. The van der Waals surface area contributed by atoms with E-state index < -0.39 is 0 Å². The smallest absolute Gasteiger partial charge is 0.142 e. The summed E-state index contributed by atoms with van der Waals surface area (Å²) in [7, 11) is 0. The first-order chi connectivity index (χ1) is 6.37. The lowest BCUT2D eigenvalue weighted by atomic mass is 10.1. The molecule has 0 fully saturated rings. The molecule has 0 aliphatic carbocycles. The second kappa shape index (κ2) is 6.49. The highest BCUT2D eigenvalue weighted by Gasteiger charge is 2.21. The van der Waals surface area contributed by atoms with Crippen molar-refractivity contribution in [1.29, 1.82) is 0 Å². The minimum atomic E-state index is 0.197. The molecule has 0 spiro atoms. The van der Waals surface area contributed by atoms with Crippen molar-refractivity contribution < 1.29 is 4.79 Å². The average molecular weight is 216 g/mol. The Bertz CT molecular complexity index is 170. The summed E-state index contributed by atoms with van der Waals surface area (Å²) in [6.45, 7) is 10.4. The largest absolute Gasteiger partial charge is 0.299 e. The number of hydrogen-bond acceptors (Lipinski definition) is 2. The number of carbonyl (C=O) groups excluding carboxylic acids is 1.